The summed E-state index contributed by atoms with van der Waals surface area (Å²) in [4.78, 5) is 5.71. The lowest BCUT2D eigenvalue weighted by atomic mass is 9.96. The van der Waals surface area contributed by atoms with Crippen LogP contribution < -0.4 is 15.2 Å². The number of fused-ring (bicyclic) bond motifs is 1. The van der Waals surface area contributed by atoms with E-state index in [2.05, 4.69) is 41.4 Å². The van der Waals surface area contributed by atoms with E-state index in [1.165, 1.54) is 11.3 Å². The molecule has 0 fully saturated rings. The summed E-state index contributed by atoms with van der Waals surface area (Å²) in [5.41, 5.74) is 10.6. The molecule has 0 saturated heterocycles. The van der Waals surface area contributed by atoms with Crippen molar-refractivity contribution in [2.24, 2.45) is 0 Å². The molecule has 1 aliphatic heterocycles. The molecule has 0 atom stereocenters. The molecule has 32 heavy (non-hydrogen) atoms. The van der Waals surface area contributed by atoms with Crippen LogP contribution in [-0.4, -0.2) is 10.6 Å². The van der Waals surface area contributed by atoms with Crippen molar-refractivity contribution in [1.82, 2.24) is 4.98 Å². The molecule has 5 heteroatoms. The molecular formula is C27H24N2O2S. The highest BCUT2D eigenvalue weighted by atomic mass is 32.1. The van der Waals surface area contributed by atoms with Crippen molar-refractivity contribution in [3.63, 3.8) is 0 Å². The molecule has 160 valence electrons. The van der Waals surface area contributed by atoms with Crippen LogP contribution in [0.25, 0.3) is 27.8 Å². The Morgan fingerprint density at radius 3 is 2.44 bits per heavy atom. The van der Waals surface area contributed by atoms with Gasteiger partial charge in [0, 0.05) is 5.56 Å². The molecule has 1 aromatic heterocycles. The first kappa shape index (κ1) is 20.3. The average Bonchev–Trinajstić information content (AvgIpc) is 3.19. The Labute approximate surface area is 192 Å². The number of hydrogen-bond acceptors (Lipinski definition) is 5. The maximum atomic E-state index is 6.45. The minimum Gasteiger partial charge on any atom is -0.488 e. The molecule has 3 aromatic carbocycles. The highest BCUT2D eigenvalue weighted by molar-refractivity contribution is 7.19. The second kappa shape index (κ2) is 8.17. The van der Waals surface area contributed by atoms with Crippen molar-refractivity contribution < 1.29 is 9.47 Å². The molecule has 0 saturated carbocycles. The summed E-state index contributed by atoms with van der Waals surface area (Å²) in [5, 5.41) is 0.530. The van der Waals surface area contributed by atoms with E-state index in [1.54, 1.807) is 0 Å². The number of thiazole rings is 1. The first-order valence-electron chi connectivity index (χ1n) is 10.5. The van der Waals surface area contributed by atoms with Crippen molar-refractivity contribution in [3.8, 4) is 33.2 Å². The Morgan fingerprint density at radius 2 is 1.69 bits per heavy atom. The van der Waals surface area contributed by atoms with Gasteiger partial charge in [0.25, 0.3) is 0 Å². The van der Waals surface area contributed by atoms with Gasteiger partial charge in [0.1, 0.15) is 23.7 Å². The lowest BCUT2D eigenvalue weighted by Gasteiger charge is -2.30. The lowest BCUT2D eigenvalue weighted by molar-refractivity contribution is 0.158. The van der Waals surface area contributed by atoms with Crippen LogP contribution in [0, 0.1) is 0 Å². The quantitative estimate of drug-likeness (QED) is 0.370. The Kier molecular flexibility index (Phi) is 5.19. The largest absolute Gasteiger partial charge is 0.488 e. The fourth-order valence-corrected chi connectivity index (χ4v) is 4.63. The Bertz CT molecular complexity index is 1280. The predicted molar refractivity (Wildman–Crippen MR) is 132 cm³/mol. The molecule has 4 nitrogen and oxygen atoms in total. The van der Waals surface area contributed by atoms with Crippen molar-refractivity contribution in [3.05, 3.63) is 90.0 Å². The standard InChI is InChI=1S/C27H24N2O2S/c1-27(2)16-15-20-22(30-17-18-9-5-3-6-10-18)14-13-21(24(20)31-27)23-25(32-26(28)29-23)19-11-7-4-8-12-19/h3-16H,17H2,1-2H3,(H2,28,29). The van der Waals surface area contributed by atoms with E-state index in [1.807, 2.05) is 62.4 Å². The number of anilines is 1. The van der Waals surface area contributed by atoms with E-state index < -0.39 is 5.60 Å². The van der Waals surface area contributed by atoms with Gasteiger partial charge in [0.15, 0.2) is 5.13 Å². The fraction of sp³-hybridized carbons (Fsp3) is 0.148. The van der Waals surface area contributed by atoms with Crippen molar-refractivity contribution in [1.29, 1.82) is 0 Å². The van der Waals surface area contributed by atoms with E-state index in [4.69, 9.17) is 15.2 Å². The van der Waals surface area contributed by atoms with Crippen LogP contribution in [0.1, 0.15) is 25.0 Å². The summed E-state index contributed by atoms with van der Waals surface area (Å²) in [6.45, 7) is 4.57. The Balaban J connectivity index is 1.60. The predicted octanol–water partition coefficient (Wildman–Crippen LogP) is 6.82. The summed E-state index contributed by atoms with van der Waals surface area (Å²) >= 11 is 1.49. The van der Waals surface area contributed by atoms with Crippen LogP contribution in [0.4, 0.5) is 5.13 Å². The van der Waals surface area contributed by atoms with Crippen LogP contribution in [0.3, 0.4) is 0 Å². The third-order valence-corrected chi connectivity index (χ3v) is 6.28. The summed E-state index contributed by atoms with van der Waals surface area (Å²) in [6.07, 6.45) is 4.14. The van der Waals surface area contributed by atoms with Crippen LogP contribution >= 0.6 is 11.3 Å². The molecule has 0 radical (unpaired) electrons. The number of ether oxygens (including phenoxy) is 2. The Morgan fingerprint density at radius 1 is 0.969 bits per heavy atom. The zero-order valence-corrected chi connectivity index (χ0v) is 18.9. The molecule has 1 aliphatic rings. The molecule has 2 heterocycles. The van der Waals surface area contributed by atoms with Gasteiger partial charge in [-0.1, -0.05) is 72.0 Å². The van der Waals surface area contributed by atoms with Gasteiger partial charge in [-0.3, -0.25) is 0 Å². The summed E-state index contributed by atoms with van der Waals surface area (Å²) in [6, 6.07) is 24.4. The number of nitrogens with zero attached hydrogens (tertiary/aromatic N) is 1. The molecular weight excluding hydrogens is 416 g/mol. The van der Waals surface area contributed by atoms with Crippen LogP contribution in [0.15, 0.2) is 78.9 Å². The third-order valence-electron chi connectivity index (χ3n) is 5.34. The topological polar surface area (TPSA) is 57.4 Å². The van der Waals surface area contributed by atoms with Gasteiger partial charge in [-0.25, -0.2) is 4.98 Å². The average molecular weight is 441 g/mol. The molecule has 0 spiro atoms. The lowest BCUT2D eigenvalue weighted by Crippen LogP contribution is -2.28. The highest BCUT2D eigenvalue weighted by Crippen LogP contribution is 2.47. The van der Waals surface area contributed by atoms with Gasteiger partial charge in [0.05, 0.1) is 16.1 Å². The zero-order valence-electron chi connectivity index (χ0n) is 18.0. The zero-order chi connectivity index (χ0) is 22.1. The monoisotopic (exact) mass is 440 g/mol. The van der Waals surface area contributed by atoms with E-state index in [0.717, 1.165) is 44.3 Å². The normalized spacial score (nSPS) is 13.9. The number of nitrogens with two attached hydrogens (primary N) is 1. The Hall–Kier alpha value is -3.57. The van der Waals surface area contributed by atoms with Crippen LogP contribution in [0.5, 0.6) is 11.5 Å². The van der Waals surface area contributed by atoms with E-state index >= 15 is 0 Å². The van der Waals surface area contributed by atoms with Crippen LogP contribution in [0.2, 0.25) is 0 Å². The van der Waals surface area contributed by atoms with E-state index in [9.17, 15) is 0 Å². The summed E-state index contributed by atoms with van der Waals surface area (Å²) in [7, 11) is 0. The molecule has 4 aromatic rings. The molecule has 0 unspecified atom stereocenters. The number of aromatic nitrogens is 1. The summed E-state index contributed by atoms with van der Waals surface area (Å²) < 4.78 is 12.7. The van der Waals surface area contributed by atoms with Gasteiger partial charge in [-0.2, -0.15) is 0 Å². The second-order valence-electron chi connectivity index (χ2n) is 8.26. The minimum absolute atomic E-state index is 0.436. The molecule has 2 N–H and O–H groups in total. The molecule has 5 rings (SSSR count). The van der Waals surface area contributed by atoms with Crippen molar-refractivity contribution >= 4 is 22.5 Å². The number of nitrogen functional groups attached to an aromatic ring is 1. The smallest absolute Gasteiger partial charge is 0.181 e. The third kappa shape index (κ3) is 3.99. The van der Waals surface area contributed by atoms with Gasteiger partial charge in [0.2, 0.25) is 0 Å². The minimum atomic E-state index is -0.436. The second-order valence-corrected chi connectivity index (χ2v) is 9.29. The SMILES string of the molecule is CC1(C)C=Cc2c(OCc3ccccc3)ccc(-c3nc(N)sc3-c3ccccc3)c2O1. The highest BCUT2D eigenvalue weighted by Gasteiger charge is 2.29. The van der Waals surface area contributed by atoms with Gasteiger partial charge >= 0.3 is 0 Å². The van der Waals surface area contributed by atoms with Gasteiger partial charge in [-0.15, -0.1) is 0 Å². The van der Waals surface area contributed by atoms with E-state index in [0.29, 0.717) is 11.7 Å². The van der Waals surface area contributed by atoms with E-state index in [-0.39, 0.29) is 0 Å². The maximum Gasteiger partial charge on any atom is 0.181 e. The fourth-order valence-electron chi connectivity index (χ4n) is 3.78. The van der Waals surface area contributed by atoms with Gasteiger partial charge in [-0.05, 0) is 49.3 Å². The molecule has 0 bridgehead atoms. The number of benzene rings is 3. The molecule has 0 aliphatic carbocycles. The van der Waals surface area contributed by atoms with Crippen molar-refractivity contribution in [2.45, 2.75) is 26.1 Å². The molecule has 0 amide bonds. The first-order chi connectivity index (χ1) is 15.5. The number of hydrogen-bond donors (Lipinski definition) is 1. The number of rotatable bonds is 5. The summed E-state index contributed by atoms with van der Waals surface area (Å²) in [5.74, 6) is 1.55. The maximum absolute atomic E-state index is 6.45. The van der Waals surface area contributed by atoms with Crippen molar-refractivity contribution in [2.75, 3.05) is 5.73 Å². The van der Waals surface area contributed by atoms with Crippen LogP contribution in [-0.2, 0) is 6.61 Å². The first-order valence-corrected chi connectivity index (χ1v) is 11.4. The van der Waals surface area contributed by atoms with Gasteiger partial charge < -0.3 is 15.2 Å².